The summed E-state index contributed by atoms with van der Waals surface area (Å²) in [7, 11) is -1.88. The number of benzene rings is 2. The number of nitrogens with one attached hydrogen (secondary N) is 2. The molecule has 2 N–H and O–H groups in total. The molecule has 0 saturated carbocycles. The van der Waals surface area contributed by atoms with Crippen LogP contribution in [0.25, 0.3) is 22.0 Å². The molecule has 37 heavy (non-hydrogen) atoms. The van der Waals surface area contributed by atoms with E-state index >= 15 is 0 Å². The van der Waals surface area contributed by atoms with Crippen molar-refractivity contribution in [1.29, 1.82) is 0 Å². The summed E-state index contributed by atoms with van der Waals surface area (Å²) in [6.07, 6.45) is 5.13. The highest BCUT2D eigenvalue weighted by molar-refractivity contribution is 7.90. The molecule has 2 amide bonds. The van der Waals surface area contributed by atoms with Crippen LogP contribution in [0.15, 0.2) is 70.6 Å². The van der Waals surface area contributed by atoms with Gasteiger partial charge < -0.3 is 14.3 Å². The average molecular weight is 520 g/mol. The van der Waals surface area contributed by atoms with E-state index in [9.17, 15) is 22.8 Å². The van der Waals surface area contributed by atoms with Crippen LogP contribution in [0.2, 0.25) is 0 Å². The quantitative estimate of drug-likeness (QED) is 0.377. The Morgan fingerprint density at radius 1 is 1.05 bits per heavy atom. The lowest BCUT2D eigenvalue weighted by molar-refractivity contribution is -0.134. The van der Waals surface area contributed by atoms with Crippen LogP contribution in [0, 0.1) is 0 Å². The number of hydrogen-bond donors (Lipinski definition) is 2. The molecule has 0 bridgehead atoms. The first-order chi connectivity index (χ1) is 17.6. The topological polar surface area (TPSA) is 127 Å². The number of aromatic amines is 1. The van der Waals surface area contributed by atoms with Crippen LogP contribution in [0.4, 0.5) is 0 Å². The molecular formula is C27H25N3O6S. The smallest absolute Gasteiger partial charge is 0.274 e. The second-order valence-electron chi connectivity index (χ2n) is 9.15. The molecule has 2 aromatic heterocycles. The third-order valence-electron chi connectivity index (χ3n) is 6.62. The number of rotatable bonds is 6. The molecule has 3 heterocycles. The van der Waals surface area contributed by atoms with Crippen molar-refractivity contribution in [2.75, 3.05) is 6.26 Å². The van der Waals surface area contributed by atoms with E-state index in [0.29, 0.717) is 34.2 Å². The van der Waals surface area contributed by atoms with Crippen molar-refractivity contribution in [2.45, 2.75) is 30.3 Å². The third-order valence-corrected chi connectivity index (χ3v) is 7.73. The Morgan fingerprint density at radius 3 is 2.59 bits per heavy atom. The number of amides is 2. The van der Waals surface area contributed by atoms with Crippen molar-refractivity contribution in [3.05, 3.63) is 82.4 Å². The Balaban J connectivity index is 1.57. The van der Waals surface area contributed by atoms with Crippen molar-refractivity contribution in [2.24, 2.45) is 7.05 Å². The number of fused-ring (bicyclic) bond motifs is 1. The maximum absolute atomic E-state index is 12.6. The van der Waals surface area contributed by atoms with Crippen LogP contribution in [0.3, 0.4) is 0 Å². The summed E-state index contributed by atoms with van der Waals surface area (Å²) in [5.41, 5.74) is 2.90. The molecule has 1 unspecified atom stereocenters. The number of ether oxygens (including phenoxy) is 1. The predicted octanol–water partition coefficient (Wildman–Crippen LogP) is 3.04. The zero-order chi connectivity index (χ0) is 26.3. The van der Waals surface area contributed by atoms with Gasteiger partial charge in [-0.05, 0) is 41.8 Å². The van der Waals surface area contributed by atoms with Crippen LogP contribution in [0.5, 0.6) is 5.75 Å². The third kappa shape index (κ3) is 4.67. The van der Waals surface area contributed by atoms with Gasteiger partial charge in [-0.15, -0.1) is 0 Å². The number of aromatic nitrogens is 2. The number of hydrogen-bond acceptors (Lipinski definition) is 6. The minimum absolute atomic E-state index is 0.112. The second kappa shape index (κ2) is 9.36. The van der Waals surface area contributed by atoms with Crippen LogP contribution in [0.1, 0.15) is 29.9 Å². The zero-order valence-electron chi connectivity index (χ0n) is 20.3. The fraction of sp³-hybridized carbons (Fsp3) is 0.222. The van der Waals surface area contributed by atoms with Gasteiger partial charge in [0.1, 0.15) is 17.9 Å². The lowest BCUT2D eigenvalue weighted by Crippen LogP contribution is -2.39. The van der Waals surface area contributed by atoms with E-state index < -0.39 is 15.8 Å². The van der Waals surface area contributed by atoms with Crippen molar-refractivity contribution < 1.29 is 22.7 Å². The van der Waals surface area contributed by atoms with Gasteiger partial charge in [0.15, 0.2) is 9.84 Å². The molecule has 0 radical (unpaired) electrons. The Bertz CT molecular complexity index is 1720. The first-order valence-corrected chi connectivity index (χ1v) is 13.6. The summed E-state index contributed by atoms with van der Waals surface area (Å²) >= 11 is 0. The Labute approximate surface area is 213 Å². The Hall–Kier alpha value is -4.18. The summed E-state index contributed by atoms with van der Waals surface area (Å²) < 4.78 is 32.4. The molecule has 10 heteroatoms. The minimum atomic E-state index is -3.51. The highest BCUT2D eigenvalue weighted by atomic mass is 32.2. The van der Waals surface area contributed by atoms with Gasteiger partial charge in [-0.1, -0.05) is 24.3 Å². The number of sulfone groups is 1. The van der Waals surface area contributed by atoms with Gasteiger partial charge in [-0.3, -0.25) is 19.7 Å². The highest BCUT2D eigenvalue weighted by Gasteiger charge is 2.29. The summed E-state index contributed by atoms with van der Waals surface area (Å²) in [5.74, 6) is -0.653. The molecular weight excluding hydrogens is 494 g/mol. The van der Waals surface area contributed by atoms with Crippen LogP contribution < -0.4 is 15.6 Å². The van der Waals surface area contributed by atoms with E-state index in [0.717, 1.165) is 17.4 Å². The standard InChI is InChI=1S/C27H25N3O6S/c1-30-14-22(19-11-12-28-25(19)27(30)33)21-13-17(37(2,34)35)7-9-23(21)36-15-16-5-3-4-6-18(16)20-8-10-24(31)29-26(20)32/h3-7,9,11-14,20,28H,8,10,15H2,1-2H3,(H,29,31,32). The average Bonchev–Trinajstić information content (AvgIpc) is 3.35. The van der Waals surface area contributed by atoms with E-state index in [2.05, 4.69) is 10.3 Å². The first-order valence-electron chi connectivity index (χ1n) is 11.7. The molecule has 190 valence electrons. The van der Waals surface area contributed by atoms with Gasteiger partial charge in [0.05, 0.1) is 10.8 Å². The van der Waals surface area contributed by atoms with E-state index in [-0.39, 0.29) is 35.3 Å². The molecule has 9 nitrogen and oxygen atoms in total. The monoisotopic (exact) mass is 519 g/mol. The Morgan fingerprint density at radius 2 is 1.84 bits per heavy atom. The SMILES string of the molecule is Cn1cc(-c2cc(S(C)(=O)=O)ccc2OCc2ccccc2C2CCC(=O)NC2=O)c2cc[nH]c2c1=O. The number of pyridine rings is 1. The molecule has 1 fully saturated rings. The normalized spacial score (nSPS) is 16.1. The predicted molar refractivity (Wildman–Crippen MR) is 138 cm³/mol. The lowest BCUT2D eigenvalue weighted by atomic mass is 9.87. The molecule has 1 saturated heterocycles. The Kier molecular flexibility index (Phi) is 6.20. The largest absolute Gasteiger partial charge is 0.488 e. The van der Waals surface area contributed by atoms with Crippen molar-refractivity contribution in [3.8, 4) is 16.9 Å². The summed E-state index contributed by atoms with van der Waals surface area (Å²) in [6, 6.07) is 13.8. The molecule has 4 aromatic rings. The second-order valence-corrected chi connectivity index (χ2v) is 11.2. The highest BCUT2D eigenvalue weighted by Crippen LogP contribution is 2.37. The fourth-order valence-electron chi connectivity index (χ4n) is 4.71. The number of aryl methyl sites for hydroxylation is 1. The summed E-state index contributed by atoms with van der Waals surface area (Å²) in [4.78, 5) is 39.8. The van der Waals surface area contributed by atoms with Gasteiger partial charge in [0, 0.05) is 48.6 Å². The number of piperidine rings is 1. The number of H-pyrrole nitrogens is 1. The van der Waals surface area contributed by atoms with E-state index in [4.69, 9.17) is 4.74 Å². The maximum Gasteiger partial charge on any atom is 0.274 e. The van der Waals surface area contributed by atoms with E-state index in [1.54, 1.807) is 37.6 Å². The molecule has 0 aliphatic carbocycles. The molecule has 0 spiro atoms. The van der Waals surface area contributed by atoms with Crippen LogP contribution in [-0.4, -0.2) is 36.0 Å². The summed E-state index contributed by atoms with van der Waals surface area (Å²) in [5, 5.41) is 3.04. The van der Waals surface area contributed by atoms with Crippen molar-refractivity contribution >= 4 is 32.6 Å². The summed E-state index contributed by atoms with van der Waals surface area (Å²) in [6.45, 7) is 0.112. The number of nitrogens with zero attached hydrogens (tertiary/aromatic N) is 1. The zero-order valence-corrected chi connectivity index (χ0v) is 21.1. The van der Waals surface area contributed by atoms with E-state index in [1.807, 2.05) is 24.3 Å². The molecule has 1 aliphatic rings. The van der Waals surface area contributed by atoms with Crippen LogP contribution in [-0.2, 0) is 33.1 Å². The number of carbonyl (C=O) groups excluding carboxylic acids is 2. The molecule has 1 aliphatic heterocycles. The first kappa shape index (κ1) is 24.5. The van der Waals surface area contributed by atoms with Gasteiger partial charge in [0.2, 0.25) is 11.8 Å². The van der Waals surface area contributed by atoms with Gasteiger partial charge in [-0.25, -0.2) is 8.42 Å². The fourth-order valence-corrected chi connectivity index (χ4v) is 5.36. The van der Waals surface area contributed by atoms with Gasteiger partial charge >= 0.3 is 0 Å². The maximum atomic E-state index is 12.6. The number of carbonyl (C=O) groups is 2. The minimum Gasteiger partial charge on any atom is -0.488 e. The van der Waals surface area contributed by atoms with E-state index in [1.165, 1.54) is 10.6 Å². The van der Waals surface area contributed by atoms with Crippen molar-refractivity contribution in [1.82, 2.24) is 14.9 Å². The lowest BCUT2D eigenvalue weighted by Gasteiger charge is -2.23. The van der Waals surface area contributed by atoms with Gasteiger partial charge in [0.25, 0.3) is 5.56 Å². The van der Waals surface area contributed by atoms with Gasteiger partial charge in [-0.2, -0.15) is 0 Å². The molecule has 5 rings (SSSR count). The molecule has 1 atom stereocenters. The molecule has 2 aromatic carbocycles. The van der Waals surface area contributed by atoms with Crippen molar-refractivity contribution in [3.63, 3.8) is 0 Å². The van der Waals surface area contributed by atoms with Crippen LogP contribution >= 0.6 is 0 Å². The number of imide groups is 1.